The molecule has 106 valence electrons. The Balaban J connectivity index is 2.03. The molecule has 1 atom stereocenters. The second-order valence-electron chi connectivity index (χ2n) is 5.01. The number of benzene rings is 1. The molecule has 1 heterocycles. The van der Waals surface area contributed by atoms with Crippen LogP contribution in [0.3, 0.4) is 0 Å². The molecule has 0 bridgehead atoms. The molecule has 20 heavy (non-hydrogen) atoms. The van der Waals surface area contributed by atoms with Crippen LogP contribution in [0.25, 0.3) is 0 Å². The van der Waals surface area contributed by atoms with Crippen molar-refractivity contribution in [2.24, 2.45) is 0 Å². The minimum atomic E-state index is 0.171. The smallest absolute Gasteiger partial charge is 0.124 e. The summed E-state index contributed by atoms with van der Waals surface area (Å²) in [5, 5.41) is 3.46. The highest BCUT2D eigenvalue weighted by Gasteiger charge is 2.11. The van der Waals surface area contributed by atoms with E-state index in [1.807, 2.05) is 38.1 Å². The van der Waals surface area contributed by atoms with Crippen molar-refractivity contribution in [3.63, 3.8) is 0 Å². The molecule has 0 radical (unpaired) electrons. The first-order chi connectivity index (χ1) is 9.66. The molecule has 2 rings (SSSR count). The van der Waals surface area contributed by atoms with Gasteiger partial charge in [0.05, 0.1) is 11.8 Å². The Kier molecular flexibility index (Phi) is 5.07. The summed E-state index contributed by atoms with van der Waals surface area (Å²) < 4.78 is 5.85. The van der Waals surface area contributed by atoms with Gasteiger partial charge in [-0.3, -0.25) is 0 Å². The monoisotopic (exact) mass is 271 g/mol. The fourth-order valence-electron chi connectivity index (χ4n) is 1.99. The van der Waals surface area contributed by atoms with Gasteiger partial charge in [0, 0.05) is 24.3 Å². The van der Waals surface area contributed by atoms with Gasteiger partial charge in [0.25, 0.3) is 0 Å². The van der Waals surface area contributed by atoms with E-state index in [9.17, 15) is 0 Å². The summed E-state index contributed by atoms with van der Waals surface area (Å²) in [5.74, 6) is 0.935. The van der Waals surface area contributed by atoms with E-state index in [0.717, 1.165) is 17.0 Å². The molecule has 1 aromatic carbocycles. The van der Waals surface area contributed by atoms with Gasteiger partial charge in [0.1, 0.15) is 12.1 Å². The van der Waals surface area contributed by atoms with E-state index >= 15 is 0 Å². The van der Waals surface area contributed by atoms with Gasteiger partial charge in [-0.15, -0.1) is 0 Å². The molecule has 0 saturated carbocycles. The first-order valence-corrected chi connectivity index (χ1v) is 6.90. The van der Waals surface area contributed by atoms with Crippen LogP contribution in [-0.2, 0) is 6.54 Å². The summed E-state index contributed by atoms with van der Waals surface area (Å²) >= 11 is 0. The molecule has 4 heteroatoms. The van der Waals surface area contributed by atoms with Gasteiger partial charge in [-0.2, -0.15) is 0 Å². The highest BCUT2D eigenvalue weighted by atomic mass is 16.5. The standard InChI is InChI=1S/C16H21N3O/c1-12(2)20-16-7-5-4-6-15(16)13(3)18-10-14-8-9-17-11-19-14/h4-9,11-13,18H,10H2,1-3H3. The van der Waals surface area contributed by atoms with Crippen molar-refractivity contribution >= 4 is 0 Å². The summed E-state index contributed by atoms with van der Waals surface area (Å²) in [6.07, 6.45) is 3.49. The maximum Gasteiger partial charge on any atom is 0.124 e. The van der Waals surface area contributed by atoms with Crippen molar-refractivity contribution in [2.75, 3.05) is 0 Å². The molecule has 1 N–H and O–H groups in total. The first-order valence-electron chi connectivity index (χ1n) is 6.90. The van der Waals surface area contributed by atoms with E-state index in [-0.39, 0.29) is 12.1 Å². The molecule has 0 aliphatic carbocycles. The van der Waals surface area contributed by atoms with Crippen LogP contribution in [0.15, 0.2) is 42.9 Å². The fraction of sp³-hybridized carbons (Fsp3) is 0.375. The molecule has 4 nitrogen and oxygen atoms in total. The van der Waals surface area contributed by atoms with Gasteiger partial charge < -0.3 is 10.1 Å². The zero-order valence-electron chi connectivity index (χ0n) is 12.2. The lowest BCUT2D eigenvalue weighted by molar-refractivity contribution is 0.238. The molecule has 0 aliphatic heterocycles. The van der Waals surface area contributed by atoms with E-state index in [1.54, 1.807) is 12.5 Å². The lowest BCUT2D eigenvalue weighted by atomic mass is 10.1. The van der Waals surface area contributed by atoms with E-state index < -0.39 is 0 Å². The van der Waals surface area contributed by atoms with E-state index in [0.29, 0.717) is 6.54 Å². The van der Waals surface area contributed by atoms with Crippen LogP contribution in [0.5, 0.6) is 5.75 Å². The second kappa shape index (κ2) is 7.01. The molecule has 0 saturated heterocycles. The number of para-hydroxylation sites is 1. The predicted molar refractivity (Wildman–Crippen MR) is 79.5 cm³/mol. The van der Waals surface area contributed by atoms with Crippen molar-refractivity contribution in [1.29, 1.82) is 0 Å². The molecule has 0 fully saturated rings. The highest BCUT2D eigenvalue weighted by molar-refractivity contribution is 5.35. The molecule has 2 aromatic rings. The van der Waals surface area contributed by atoms with Crippen LogP contribution >= 0.6 is 0 Å². The third-order valence-electron chi connectivity index (χ3n) is 2.98. The Bertz CT molecular complexity index is 528. The molecule has 0 aliphatic rings. The lowest BCUT2D eigenvalue weighted by Crippen LogP contribution is -2.20. The summed E-state index contributed by atoms with van der Waals surface area (Å²) in [7, 11) is 0. The van der Waals surface area contributed by atoms with Crippen LogP contribution < -0.4 is 10.1 Å². The third-order valence-corrected chi connectivity index (χ3v) is 2.98. The van der Waals surface area contributed by atoms with Crippen LogP contribution in [0.1, 0.15) is 38.1 Å². The zero-order chi connectivity index (χ0) is 14.4. The van der Waals surface area contributed by atoms with Gasteiger partial charge >= 0.3 is 0 Å². The van der Waals surface area contributed by atoms with Crippen LogP contribution in [0, 0.1) is 0 Å². The Morgan fingerprint density at radius 1 is 1.15 bits per heavy atom. The van der Waals surface area contributed by atoms with Crippen molar-refractivity contribution in [2.45, 2.75) is 39.5 Å². The van der Waals surface area contributed by atoms with Crippen molar-refractivity contribution in [3.05, 3.63) is 54.1 Å². The molecular formula is C16H21N3O. The summed E-state index contributed by atoms with van der Waals surface area (Å²) in [6, 6.07) is 10.2. The van der Waals surface area contributed by atoms with Crippen molar-refractivity contribution in [1.82, 2.24) is 15.3 Å². The molecule has 1 unspecified atom stereocenters. The zero-order valence-corrected chi connectivity index (χ0v) is 12.2. The summed E-state index contributed by atoms with van der Waals surface area (Å²) in [4.78, 5) is 8.13. The van der Waals surface area contributed by atoms with E-state index in [1.165, 1.54) is 0 Å². The number of rotatable bonds is 6. The van der Waals surface area contributed by atoms with E-state index in [2.05, 4.69) is 28.3 Å². The Morgan fingerprint density at radius 3 is 2.65 bits per heavy atom. The number of nitrogens with zero attached hydrogens (tertiary/aromatic N) is 2. The number of hydrogen-bond acceptors (Lipinski definition) is 4. The normalized spacial score (nSPS) is 12.4. The number of ether oxygens (including phenoxy) is 1. The summed E-state index contributed by atoms with van der Waals surface area (Å²) in [5.41, 5.74) is 2.14. The van der Waals surface area contributed by atoms with Crippen LogP contribution in [0.4, 0.5) is 0 Å². The molecule has 1 aromatic heterocycles. The van der Waals surface area contributed by atoms with Crippen molar-refractivity contribution in [3.8, 4) is 5.75 Å². The number of hydrogen-bond donors (Lipinski definition) is 1. The van der Waals surface area contributed by atoms with Gasteiger partial charge in [-0.25, -0.2) is 9.97 Å². The van der Waals surface area contributed by atoms with Crippen molar-refractivity contribution < 1.29 is 4.74 Å². The lowest BCUT2D eigenvalue weighted by Gasteiger charge is -2.19. The predicted octanol–water partition coefficient (Wildman–Crippen LogP) is 3.11. The maximum absolute atomic E-state index is 5.85. The van der Waals surface area contributed by atoms with Gasteiger partial charge in [-0.05, 0) is 32.9 Å². The average Bonchev–Trinajstić information content (AvgIpc) is 2.46. The quantitative estimate of drug-likeness (QED) is 0.877. The van der Waals surface area contributed by atoms with Gasteiger partial charge in [0.15, 0.2) is 0 Å². The first kappa shape index (κ1) is 14.5. The minimum absolute atomic E-state index is 0.171. The highest BCUT2D eigenvalue weighted by Crippen LogP contribution is 2.25. The van der Waals surface area contributed by atoms with Gasteiger partial charge in [-0.1, -0.05) is 18.2 Å². The molecule has 0 spiro atoms. The maximum atomic E-state index is 5.85. The van der Waals surface area contributed by atoms with E-state index in [4.69, 9.17) is 4.74 Å². The average molecular weight is 271 g/mol. The Morgan fingerprint density at radius 2 is 1.95 bits per heavy atom. The number of aromatic nitrogens is 2. The van der Waals surface area contributed by atoms with Crippen LogP contribution in [0.2, 0.25) is 0 Å². The Labute approximate surface area is 120 Å². The largest absolute Gasteiger partial charge is 0.491 e. The molecule has 0 amide bonds. The minimum Gasteiger partial charge on any atom is -0.491 e. The second-order valence-corrected chi connectivity index (χ2v) is 5.01. The number of nitrogens with one attached hydrogen (secondary N) is 1. The Hall–Kier alpha value is -1.94. The molecular weight excluding hydrogens is 250 g/mol. The topological polar surface area (TPSA) is 47.0 Å². The third kappa shape index (κ3) is 4.03. The SMILES string of the molecule is CC(C)Oc1ccccc1C(C)NCc1ccncn1. The fourth-order valence-corrected chi connectivity index (χ4v) is 1.99. The summed E-state index contributed by atoms with van der Waals surface area (Å²) in [6.45, 7) is 6.91. The van der Waals surface area contributed by atoms with Crippen LogP contribution in [-0.4, -0.2) is 16.1 Å². The van der Waals surface area contributed by atoms with Gasteiger partial charge in [0.2, 0.25) is 0 Å².